The van der Waals surface area contributed by atoms with Crippen molar-refractivity contribution in [2.24, 2.45) is 5.73 Å². The minimum absolute atomic E-state index is 0.183. The zero-order valence-corrected chi connectivity index (χ0v) is 10.7. The predicted octanol–water partition coefficient (Wildman–Crippen LogP) is 3.35. The first-order valence-corrected chi connectivity index (χ1v) is 6.21. The topological polar surface area (TPSA) is 35.2 Å². The molecule has 0 radical (unpaired) electrons. The van der Waals surface area contributed by atoms with Gasteiger partial charge in [0.2, 0.25) is 0 Å². The quantitative estimate of drug-likeness (QED) is 0.901. The van der Waals surface area contributed by atoms with E-state index in [1.54, 1.807) is 6.07 Å². The Bertz CT molecular complexity index is 393. The molecule has 94 valence electrons. The molecule has 0 spiro atoms. The second kappa shape index (κ2) is 4.92. The standard InChI is InChI=1S/C13H17ClFNO/c1-17-8-10-11(14)6-9(7-12(10)15)13(16)4-2-3-5-13/h6-7H,2-5,8,16H2,1H3. The fourth-order valence-electron chi connectivity index (χ4n) is 2.47. The van der Waals surface area contributed by atoms with Gasteiger partial charge in [0, 0.05) is 23.2 Å². The van der Waals surface area contributed by atoms with Crippen molar-refractivity contribution in [3.8, 4) is 0 Å². The molecule has 0 aliphatic heterocycles. The van der Waals surface area contributed by atoms with Crippen molar-refractivity contribution in [2.45, 2.75) is 37.8 Å². The normalized spacial score (nSPS) is 18.6. The van der Waals surface area contributed by atoms with Crippen molar-refractivity contribution in [3.05, 3.63) is 34.1 Å². The number of hydrogen-bond donors (Lipinski definition) is 1. The molecular weight excluding hydrogens is 241 g/mol. The maximum absolute atomic E-state index is 13.9. The molecule has 0 saturated heterocycles. The number of hydrogen-bond acceptors (Lipinski definition) is 2. The van der Waals surface area contributed by atoms with Crippen molar-refractivity contribution in [3.63, 3.8) is 0 Å². The molecule has 2 rings (SSSR count). The Labute approximate surface area is 106 Å². The van der Waals surface area contributed by atoms with E-state index in [1.165, 1.54) is 13.2 Å². The lowest BCUT2D eigenvalue weighted by Crippen LogP contribution is -2.33. The van der Waals surface area contributed by atoms with Crippen LogP contribution in [0.4, 0.5) is 4.39 Å². The zero-order valence-electron chi connectivity index (χ0n) is 9.93. The summed E-state index contributed by atoms with van der Waals surface area (Å²) < 4.78 is 18.8. The van der Waals surface area contributed by atoms with E-state index in [9.17, 15) is 4.39 Å². The molecule has 1 aliphatic rings. The summed E-state index contributed by atoms with van der Waals surface area (Å²) in [6.07, 6.45) is 3.98. The Morgan fingerprint density at radius 3 is 2.59 bits per heavy atom. The Morgan fingerprint density at radius 1 is 1.41 bits per heavy atom. The number of nitrogens with two attached hydrogens (primary N) is 1. The van der Waals surface area contributed by atoms with Gasteiger partial charge >= 0.3 is 0 Å². The lowest BCUT2D eigenvalue weighted by molar-refractivity contribution is 0.181. The van der Waals surface area contributed by atoms with Crippen LogP contribution >= 0.6 is 11.6 Å². The molecule has 17 heavy (non-hydrogen) atoms. The van der Waals surface area contributed by atoms with Crippen LogP contribution in [0.3, 0.4) is 0 Å². The van der Waals surface area contributed by atoms with Crippen LogP contribution in [-0.2, 0) is 16.9 Å². The van der Waals surface area contributed by atoms with Crippen molar-refractivity contribution < 1.29 is 9.13 Å². The fourth-order valence-corrected chi connectivity index (χ4v) is 2.73. The van der Waals surface area contributed by atoms with Crippen molar-refractivity contribution in [1.82, 2.24) is 0 Å². The summed E-state index contributed by atoms with van der Waals surface area (Å²) >= 11 is 6.08. The van der Waals surface area contributed by atoms with Gasteiger partial charge in [0.15, 0.2) is 0 Å². The molecule has 0 bridgehead atoms. The number of benzene rings is 1. The Morgan fingerprint density at radius 2 is 2.06 bits per heavy atom. The van der Waals surface area contributed by atoms with E-state index in [2.05, 4.69) is 0 Å². The molecule has 0 unspecified atom stereocenters. The van der Waals surface area contributed by atoms with E-state index >= 15 is 0 Å². The van der Waals surface area contributed by atoms with E-state index in [1.807, 2.05) is 0 Å². The van der Waals surface area contributed by atoms with Gasteiger partial charge in [0.1, 0.15) is 5.82 Å². The van der Waals surface area contributed by atoms with Crippen LogP contribution < -0.4 is 5.73 Å². The molecule has 1 aliphatic carbocycles. The van der Waals surface area contributed by atoms with Gasteiger partial charge in [-0.15, -0.1) is 0 Å². The van der Waals surface area contributed by atoms with Gasteiger partial charge in [-0.25, -0.2) is 4.39 Å². The van der Waals surface area contributed by atoms with Crippen LogP contribution in [0.15, 0.2) is 12.1 Å². The molecule has 0 heterocycles. The largest absolute Gasteiger partial charge is 0.380 e. The summed E-state index contributed by atoms with van der Waals surface area (Å²) in [5.74, 6) is -0.328. The lowest BCUT2D eigenvalue weighted by atomic mass is 9.89. The highest BCUT2D eigenvalue weighted by Crippen LogP contribution is 2.38. The zero-order chi connectivity index (χ0) is 12.5. The third kappa shape index (κ3) is 2.46. The smallest absolute Gasteiger partial charge is 0.130 e. The van der Waals surface area contributed by atoms with Gasteiger partial charge < -0.3 is 10.5 Å². The second-order valence-corrected chi connectivity index (χ2v) is 5.12. The first-order chi connectivity index (χ1) is 8.07. The molecule has 2 N–H and O–H groups in total. The van der Waals surface area contributed by atoms with Gasteiger partial charge in [-0.3, -0.25) is 0 Å². The van der Waals surface area contributed by atoms with Crippen LogP contribution in [0.25, 0.3) is 0 Å². The summed E-state index contributed by atoms with van der Waals surface area (Å²) in [5, 5.41) is 0.401. The lowest BCUT2D eigenvalue weighted by Gasteiger charge is -2.25. The molecule has 1 aromatic rings. The van der Waals surface area contributed by atoms with Gasteiger partial charge in [-0.05, 0) is 30.5 Å². The molecule has 1 aromatic carbocycles. The summed E-state index contributed by atoms with van der Waals surface area (Å²) in [7, 11) is 1.52. The van der Waals surface area contributed by atoms with Crippen molar-refractivity contribution in [1.29, 1.82) is 0 Å². The van der Waals surface area contributed by atoms with E-state index in [0.717, 1.165) is 31.2 Å². The molecule has 0 aromatic heterocycles. The number of ether oxygens (including phenoxy) is 1. The fraction of sp³-hybridized carbons (Fsp3) is 0.538. The molecule has 2 nitrogen and oxygen atoms in total. The summed E-state index contributed by atoms with van der Waals surface area (Å²) in [4.78, 5) is 0. The third-order valence-electron chi connectivity index (χ3n) is 3.50. The van der Waals surface area contributed by atoms with Crippen LogP contribution in [0, 0.1) is 5.82 Å². The summed E-state index contributed by atoms with van der Waals surface area (Å²) in [6, 6.07) is 3.29. The highest BCUT2D eigenvalue weighted by molar-refractivity contribution is 6.31. The number of rotatable bonds is 3. The first kappa shape index (κ1) is 12.8. The Hall–Kier alpha value is -0.640. The van der Waals surface area contributed by atoms with E-state index < -0.39 is 5.54 Å². The number of halogens is 2. The molecule has 4 heteroatoms. The SMILES string of the molecule is COCc1c(F)cc(C2(N)CCCC2)cc1Cl. The minimum Gasteiger partial charge on any atom is -0.380 e. The van der Waals surface area contributed by atoms with Crippen LogP contribution in [0.1, 0.15) is 36.8 Å². The highest BCUT2D eigenvalue weighted by Gasteiger charge is 2.32. The van der Waals surface area contributed by atoms with Gasteiger partial charge in [0.25, 0.3) is 0 Å². The monoisotopic (exact) mass is 257 g/mol. The van der Waals surface area contributed by atoms with E-state index in [4.69, 9.17) is 22.1 Å². The van der Waals surface area contributed by atoms with E-state index in [-0.39, 0.29) is 12.4 Å². The minimum atomic E-state index is -0.407. The van der Waals surface area contributed by atoms with Crippen LogP contribution in [0.2, 0.25) is 5.02 Å². The van der Waals surface area contributed by atoms with Crippen molar-refractivity contribution in [2.75, 3.05) is 7.11 Å². The maximum Gasteiger partial charge on any atom is 0.130 e. The molecule has 1 fully saturated rings. The van der Waals surface area contributed by atoms with Crippen LogP contribution in [-0.4, -0.2) is 7.11 Å². The summed E-state index contributed by atoms with van der Waals surface area (Å²) in [5.41, 5.74) is 7.08. The first-order valence-electron chi connectivity index (χ1n) is 5.83. The molecule has 0 amide bonds. The molecular formula is C13H17ClFNO. The molecule has 1 saturated carbocycles. The highest BCUT2D eigenvalue weighted by atomic mass is 35.5. The van der Waals surface area contributed by atoms with E-state index in [0.29, 0.717) is 10.6 Å². The molecule has 0 atom stereocenters. The van der Waals surface area contributed by atoms with Gasteiger partial charge in [-0.2, -0.15) is 0 Å². The maximum atomic E-state index is 13.9. The Balaban J connectivity index is 2.38. The van der Waals surface area contributed by atoms with Crippen molar-refractivity contribution >= 4 is 11.6 Å². The second-order valence-electron chi connectivity index (χ2n) is 4.71. The number of methoxy groups -OCH3 is 1. The average molecular weight is 258 g/mol. The van der Waals surface area contributed by atoms with Gasteiger partial charge in [-0.1, -0.05) is 24.4 Å². The van der Waals surface area contributed by atoms with Gasteiger partial charge in [0.05, 0.1) is 6.61 Å². The Kier molecular flexibility index (Phi) is 3.71. The average Bonchev–Trinajstić information content (AvgIpc) is 2.72. The third-order valence-corrected chi connectivity index (χ3v) is 3.84. The predicted molar refractivity (Wildman–Crippen MR) is 66.5 cm³/mol. The summed E-state index contributed by atoms with van der Waals surface area (Å²) in [6.45, 7) is 0.183. The van der Waals surface area contributed by atoms with Crippen LogP contribution in [0.5, 0.6) is 0 Å².